The van der Waals surface area contributed by atoms with Crippen LogP contribution in [0.1, 0.15) is 5.56 Å². The van der Waals surface area contributed by atoms with Gasteiger partial charge in [0.25, 0.3) is 0 Å². The molecule has 0 saturated carbocycles. The number of hydrogen-bond acceptors (Lipinski definition) is 1. The van der Waals surface area contributed by atoms with Crippen LogP contribution in [0.15, 0.2) is 83.3 Å². The van der Waals surface area contributed by atoms with E-state index in [-0.39, 0.29) is 5.56 Å². The molecule has 0 bridgehead atoms. The van der Waals surface area contributed by atoms with Gasteiger partial charge in [-0.05, 0) is 40.6 Å². The van der Waals surface area contributed by atoms with Gasteiger partial charge in [0.15, 0.2) is 0 Å². The summed E-state index contributed by atoms with van der Waals surface area (Å²) < 4.78 is 47.0. The van der Waals surface area contributed by atoms with Gasteiger partial charge in [0.1, 0.15) is 11.2 Å². The Hall–Kier alpha value is -3.27. The van der Waals surface area contributed by atoms with Gasteiger partial charge >= 0.3 is 6.18 Å². The first-order valence-corrected chi connectivity index (χ1v) is 8.53. The molecule has 0 atom stereocenters. The summed E-state index contributed by atoms with van der Waals surface area (Å²) in [5.74, 6) is 0. The second-order valence-electron chi connectivity index (χ2n) is 6.52. The van der Waals surface area contributed by atoms with Crippen LogP contribution >= 0.6 is 0 Å². The Balaban J connectivity index is 1.85. The Morgan fingerprint density at radius 3 is 2.15 bits per heavy atom. The molecule has 4 aromatic carbocycles. The molecule has 0 amide bonds. The second-order valence-corrected chi connectivity index (χ2v) is 6.52. The summed E-state index contributed by atoms with van der Waals surface area (Å²) in [6.07, 6.45) is -4.44. The van der Waals surface area contributed by atoms with Crippen molar-refractivity contribution >= 4 is 32.7 Å². The number of fused-ring (bicyclic) bond motifs is 4. The lowest BCUT2D eigenvalue weighted by atomic mass is 9.92. The molecule has 0 spiro atoms. The minimum absolute atomic E-state index is 0.183. The first-order valence-electron chi connectivity index (χ1n) is 8.53. The lowest BCUT2D eigenvalue weighted by Crippen LogP contribution is -2.07. The minimum Gasteiger partial charge on any atom is -0.456 e. The number of rotatable bonds is 1. The van der Waals surface area contributed by atoms with E-state index in [0.717, 1.165) is 27.8 Å². The van der Waals surface area contributed by atoms with Gasteiger partial charge in [-0.25, -0.2) is 0 Å². The van der Waals surface area contributed by atoms with Crippen LogP contribution in [-0.2, 0) is 6.18 Å². The fraction of sp³-hybridized carbons (Fsp3) is 0.0435. The maximum Gasteiger partial charge on any atom is 0.417 e. The average Bonchev–Trinajstić information content (AvgIpc) is 3.04. The number of hydrogen-bond donors (Lipinski definition) is 0. The summed E-state index contributed by atoms with van der Waals surface area (Å²) in [4.78, 5) is 0. The van der Waals surface area contributed by atoms with E-state index in [4.69, 9.17) is 4.42 Å². The fourth-order valence-electron chi connectivity index (χ4n) is 3.70. The zero-order chi connectivity index (χ0) is 18.6. The van der Waals surface area contributed by atoms with Crippen molar-refractivity contribution in [3.63, 3.8) is 0 Å². The molecule has 132 valence electrons. The van der Waals surface area contributed by atoms with E-state index in [2.05, 4.69) is 0 Å². The Kier molecular flexibility index (Phi) is 3.31. The Bertz CT molecular complexity index is 1310. The summed E-state index contributed by atoms with van der Waals surface area (Å²) in [6, 6.07) is 22.6. The first-order chi connectivity index (χ1) is 13.0. The molecule has 5 aromatic rings. The van der Waals surface area contributed by atoms with Crippen molar-refractivity contribution in [1.82, 2.24) is 0 Å². The van der Waals surface area contributed by atoms with E-state index in [1.54, 1.807) is 24.3 Å². The monoisotopic (exact) mass is 362 g/mol. The lowest BCUT2D eigenvalue weighted by Gasteiger charge is -2.16. The third kappa shape index (κ3) is 2.48. The molecular formula is C23H13F3O. The molecule has 0 aliphatic rings. The molecule has 0 saturated heterocycles. The number of para-hydroxylation sites is 1. The van der Waals surface area contributed by atoms with Gasteiger partial charge in [0.2, 0.25) is 0 Å². The molecule has 5 rings (SSSR count). The van der Waals surface area contributed by atoms with Crippen molar-refractivity contribution in [2.45, 2.75) is 6.18 Å². The van der Waals surface area contributed by atoms with E-state index >= 15 is 0 Å². The van der Waals surface area contributed by atoms with Gasteiger partial charge in [-0.2, -0.15) is 13.2 Å². The molecule has 0 aliphatic carbocycles. The molecular weight excluding hydrogens is 349 g/mol. The minimum atomic E-state index is -4.44. The van der Waals surface area contributed by atoms with Gasteiger partial charge in [0.05, 0.1) is 5.56 Å². The summed E-state index contributed by atoms with van der Waals surface area (Å²) in [5.41, 5.74) is 1.33. The van der Waals surface area contributed by atoms with Crippen LogP contribution in [0.5, 0.6) is 0 Å². The fourth-order valence-corrected chi connectivity index (χ4v) is 3.70. The zero-order valence-corrected chi connectivity index (χ0v) is 14.0. The number of benzene rings is 4. The van der Waals surface area contributed by atoms with Crippen LogP contribution in [0.2, 0.25) is 0 Å². The van der Waals surface area contributed by atoms with Crippen molar-refractivity contribution in [3.8, 4) is 11.1 Å². The summed E-state index contributed by atoms with van der Waals surface area (Å²) in [7, 11) is 0. The number of halogens is 3. The maximum atomic E-state index is 13.7. The number of furan rings is 1. The average molecular weight is 362 g/mol. The highest BCUT2D eigenvalue weighted by Crippen LogP contribution is 2.42. The summed E-state index contributed by atoms with van der Waals surface area (Å²) in [6.45, 7) is 0. The summed E-state index contributed by atoms with van der Waals surface area (Å²) >= 11 is 0. The molecule has 1 heterocycles. The van der Waals surface area contributed by atoms with Gasteiger partial charge in [-0.1, -0.05) is 54.6 Å². The van der Waals surface area contributed by atoms with Gasteiger partial charge in [-0.15, -0.1) is 0 Å². The largest absolute Gasteiger partial charge is 0.456 e. The van der Waals surface area contributed by atoms with Crippen molar-refractivity contribution < 1.29 is 17.6 Å². The highest BCUT2D eigenvalue weighted by Gasteiger charge is 2.34. The molecule has 0 aliphatic heterocycles. The van der Waals surface area contributed by atoms with Crippen molar-refractivity contribution in [3.05, 3.63) is 84.4 Å². The van der Waals surface area contributed by atoms with Crippen LogP contribution in [0.3, 0.4) is 0 Å². The van der Waals surface area contributed by atoms with Crippen LogP contribution in [-0.4, -0.2) is 0 Å². The molecule has 0 unspecified atom stereocenters. The molecule has 0 radical (unpaired) electrons. The molecule has 1 aromatic heterocycles. The van der Waals surface area contributed by atoms with Crippen molar-refractivity contribution in [2.75, 3.05) is 0 Å². The highest BCUT2D eigenvalue weighted by atomic mass is 19.4. The Morgan fingerprint density at radius 1 is 0.630 bits per heavy atom. The predicted molar refractivity (Wildman–Crippen MR) is 102 cm³/mol. The van der Waals surface area contributed by atoms with E-state index in [0.29, 0.717) is 16.5 Å². The van der Waals surface area contributed by atoms with Crippen molar-refractivity contribution in [2.24, 2.45) is 0 Å². The lowest BCUT2D eigenvalue weighted by molar-refractivity contribution is -0.137. The Morgan fingerprint density at radius 2 is 1.33 bits per heavy atom. The van der Waals surface area contributed by atoms with Gasteiger partial charge in [0, 0.05) is 16.3 Å². The first kappa shape index (κ1) is 15.9. The molecule has 4 heteroatoms. The normalized spacial score (nSPS) is 12.3. The zero-order valence-electron chi connectivity index (χ0n) is 14.0. The van der Waals surface area contributed by atoms with Crippen LogP contribution < -0.4 is 0 Å². The maximum absolute atomic E-state index is 13.7. The standard InChI is InChI=1S/C23H13F3O/c24-23(25,26)19-12-10-14-5-1-2-6-16(14)22(19)15-9-11-18-17-7-3-4-8-20(17)27-21(18)13-15/h1-13H. The van der Waals surface area contributed by atoms with E-state index in [1.165, 1.54) is 6.07 Å². The quantitative estimate of drug-likeness (QED) is 0.302. The second kappa shape index (κ2) is 5.61. The van der Waals surface area contributed by atoms with Crippen molar-refractivity contribution in [1.29, 1.82) is 0 Å². The third-order valence-electron chi connectivity index (χ3n) is 4.90. The predicted octanol–water partition coefficient (Wildman–Crippen LogP) is 7.43. The van der Waals surface area contributed by atoms with Crippen LogP contribution in [0.4, 0.5) is 13.2 Å². The van der Waals surface area contributed by atoms with Gasteiger partial charge in [-0.3, -0.25) is 0 Å². The van der Waals surface area contributed by atoms with E-state index < -0.39 is 11.7 Å². The van der Waals surface area contributed by atoms with Crippen LogP contribution in [0.25, 0.3) is 43.8 Å². The SMILES string of the molecule is FC(F)(F)c1ccc2ccccc2c1-c1ccc2c(c1)oc1ccccc12. The Labute approximate surface area is 152 Å². The van der Waals surface area contributed by atoms with Gasteiger partial charge < -0.3 is 4.42 Å². The molecule has 0 N–H and O–H groups in total. The molecule has 27 heavy (non-hydrogen) atoms. The third-order valence-corrected chi connectivity index (χ3v) is 4.90. The number of alkyl halides is 3. The molecule has 0 fully saturated rings. The topological polar surface area (TPSA) is 13.1 Å². The van der Waals surface area contributed by atoms with E-state index in [9.17, 15) is 13.2 Å². The van der Waals surface area contributed by atoms with E-state index in [1.807, 2.05) is 42.5 Å². The smallest absolute Gasteiger partial charge is 0.417 e. The highest BCUT2D eigenvalue weighted by molar-refractivity contribution is 6.07. The van der Waals surface area contributed by atoms with Crippen LogP contribution in [0, 0.1) is 0 Å². The summed E-state index contributed by atoms with van der Waals surface area (Å²) in [5, 5.41) is 3.18. The molecule has 1 nitrogen and oxygen atoms in total.